The molecule has 0 radical (unpaired) electrons. The summed E-state index contributed by atoms with van der Waals surface area (Å²) in [4.78, 5) is 29.4. The number of hydrogen-bond donors (Lipinski definition) is 1. The van der Waals surface area contributed by atoms with Gasteiger partial charge in [0.15, 0.2) is 11.5 Å². The predicted molar refractivity (Wildman–Crippen MR) is 150 cm³/mol. The Hall–Kier alpha value is -4.20. The molecule has 0 spiro atoms. The van der Waals surface area contributed by atoms with Crippen molar-refractivity contribution in [3.8, 4) is 11.5 Å². The van der Waals surface area contributed by atoms with E-state index in [1.165, 1.54) is 12.8 Å². The molecule has 8 heteroatoms. The zero-order valence-electron chi connectivity index (χ0n) is 22.4. The van der Waals surface area contributed by atoms with Crippen molar-refractivity contribution in [3.05, 3.63) is 83.7 Å². The van der Waals surface area contributed by atoms with Crippen LogP contribution in [0.1, 0.15) is 66.9 Å². The molecule has 202 valence electrons. The minimum atomic E-state index is -0.202. The van der Waals surface area contributed by atoms with Crippen LogP contribution in [0.5, 0.6) is 11.5 Å². The second-order valence-electron chi connectivity index (χ2n) is 10.0. The Labute approximate surface area is 229 Å². The SMILES string of the molecule is CCC1CC(=O)N(Cc2ccc(NC(=O)c3ccncc3)cc2)N=C1c1ccc(OC)c(OC2CCCC2)c1. The number of methoxy groups -OCH3 is 1. The topological polar surface area (TPSA) is 93.1 Å². The van der Waals surface area contributed by atoms with E-state index in [1.807, 2.05) is 42.5 Å². The molecule has 0 saturated heterocycles. The molecule has 1 fully saturated rings. The van der Waals surface area contributed by atoms with Crippen molar-refractivity contribution in [1.29, 1.82) is 0 Å². The van der Waals surface area contributed by atoms with Gasteiger partial charge in [0.1, 0.15) is 0 Å². The molecule has 8 nitrogen and oxygen atoms in total. The first-order valence-corrected chi connectivity index (χ1v) is 13.6. The van der Waals surface area contributed by atoms with Gasteiger partial charge >= 0.3 is 0 Å². The summed E-state index contributed by atoms with van der Waals surface area (Å²) in [6, 6.07) is 16.7. The summed E-state index contributed by atoms with van der Waals surface area (Å²) in [5.41, 5.74) is 3.97. The second-order valence-corrected chi connectivity index (χ2v) is 10.0. The van der Waals surface area contributed by atoms with Crippen LogP contribution in [0.4, 0.5) is 5.69 Å². The number of hydrazone groups is 1. The van der Waals surface area contributed by atoms with Gasteiger partial charge in [-0.1, -0.05) is 19.1 Å². The van der Waals surface area contributed by atoms with Crippen molar-refractivity contribution in [2.45, 2.75) is 58.1 Å². The van der Waals surface area contributed by atoms with Gasteiger partial charge in [0.2, 0.25) is 5.91 Å². The number of benzene rings is 2. The third kappa shape index (κ3) is 6.28. The van der Waals surface area contributed by atoms with Crippen molar-refractivity contribution in [2.24, 2.45) is 11.0 Å². The Morgan fingerprint density at radius 2 is 1.77 bits per heavy atom. The highest BCUT2D eigenvalue weighted by Gasteiger charge is 2.30. The quantitative estimate of drug-likeness (QED) is 0.379. The molecule has 1 aromatic heterocycles. The van der Waals surface area contributed by atoms with E-state index in [-0.39, 0.29) is 23.8 Å². The van der Waals surface area contributed by atoms with Gasteiger partial charge in [0, 0.05) is 41.5 Å². The number of pyridine rings is 1. The second kappa shape index (κ2) is 12.1. The molecular formula is C31H34N4O4. The number of amides is 2. The molecule has 1 saturated carbocycles. The number of nitrogens with zero attached hydrogens (tertiary/aromatic N) is 3. The summed E-state index contributed by atoms with van der Waals surface area (Å²) in [6.07, 6.45) is 9.08. The zero-order chi connectivity index (χ0) is 27.2. The van der Waals surface area contributed by atoms with Crippen LogP contribution in [0.25, 0.3) is 0 Å². The van der Waals surface area contributed by atoms with E-state index >= 15 is 0 Å². The molecule has 1 atom stereocenters. The Bertz CT molecular complexity index is 1330. The number of carbonyl (C=O) groups is 2. The van der Waals surface area contributed by atoms with E-state index in [1.54, 1.807) is 36.6 Å². The molecule has 2 amide bonds. The fraction of sp³-hybridized carbons (Fsp3) is 0.355. The van der Waals surface area contributed by atoms with Gasteiger partial charge in [-0.15, -0.1) is 0 Å². The molecule has 2 heterocycles. The highest BCUT2D eigenvalue weighted by atomic mass is 16.5. The Morgan fingerprint density at radius 3 is 2.46 bits per heavy atom. The molecule has 3 aromatic rings. The average molecular weight is 527 g/mol. The number of rotatable bonds is 9. The number of ether oxygens (including phenoxy) is 2. The summed E-state index contributed by atoms with van der Waals surface area (Å²) in [6.45, 7) is 2.43. The van der Waals surface area contributed by atoms with Crippen LogP contribution in [0.2, 0.25) is 0 Å². The van der Waals surface area contributed by atoms with Gasteiger partial charge in [-0.2, -0.15) is 5.10 Å². The Morgan fingerprint density at radius 1 is 1.03 bits per heavy atom. The van der Waals surface area contributed by atoms with Crippen molar-refractivity contribution in [2.75, 3.05) is 12.4 Å². The minimum Gasteiger partial charge on any atom is -0.493 e. The maximum Gasteiger partial charge on any atom is 0.255 e. The Balaban J connectivity index is 1.33. The summed E-state index contributed by atoms with van der Waals surface area (Å²) in [5, 5.41) is 9.28. The van der Waals surface area contributed by atoms with Crippen molar-refractivity contribution in [1.82, 2.24) is 9.99 Å². The van der Waals surface area contributed by atoms with Gasteiger partial charge in [0.25, 0.3) is 5.91 Å². The van der Waals surface area contributed by atoms with Crippen LogP contribution >= 0.6 is 0 Å². The van der Waals surface area contributed by atoms with Crippen molar-refractivity contribution in [3.63, 3.8) is 0 Å². The minimum absolute atomic E-state index is 0.00314. The van der Waals surface area contributed by atoms with E-state index in [0.29, 0.717) is 30.0 Å². The standard InChI is InChI=1S/C31H34N4O4/c1-3-22-19-29(36)35(20-21-8-11-25(12-9-21)33-31(37)23-14-16-32-17-15-23)34-30(22)24-10-13-27(38-2)28(18-24)39-26-6-4-5-7-26/h8-18,22,26H,3-7,19-20H2,1-2H3,(H,33,37). The zero-order valence-corrected chi connectivity index (χ0v) is 22.4. The first-order valence-electron chi connectivity index (χ1n) is 13.6. The van der Waals surface area contributed by atoms with Crippen LogP contribution in [0.15, 0.2) is 72.1 Å². The molecule has 1 aliphatic heterocycles. The van der Waals surface area contributed by atoms with Crippen LogP contribution in [0, 0.1) is 5.92 Å². The highest BCUT2D eigenvalue weighted by molar-refractivity contribution is 6.06. The summed E-state index contributed by atoms with van der Waals surface area (Å²) < 4.78 is 11.9. The molecule has 0 bridgehead atoms. The lowest BCUT2D eigenvalue weighted by molar-refractivity contribution is -0.133. The van der Waals surface area contributed by atoms with E-state index in [2.05, 4.69) is 17.2 Å². The third-order valence-corrected chi connectivity index (χ3v) is 7.36. The van der Waals surface area contributed by atoms with E-state index < -0.39 is 0 Å². The first-order chi connectivity index (χ1) is 19.0. The molecule has 39 heavy (non-hydrogen) atoms. The number of hydrogen-bond acceptors (Lipinski definition) is 6. The van der Waals surface area contributed by atoms with Crippen molar-refractivity contribution >= 4 is 23.2 Å². The highest BCUT2D eigenvalue weighted by Crippen LogP contribution is 2.34. The maximum atomic E-state index is 13.0. The normalized spacial score (nSPS) is 17.6. The number of anilines is 1. The van der Waals surface area contributed by atoms with E-state index in [0.717, 1.165) is 41.9 Å². The maximum absolute atomic E-state index is 13.0. The lowest BCUT2D eigenvalue weighted by atomic mass is 9.89. The average Bonchev–Trinajstić information content (AvgIpc) is 3.48. The van der Waals surface area contributed by atoms with Gasteiger partial charge in [0.05, 0.1) is 25.5 Å². The third-order valence-electron chi connectivity index (χ3n) is 7.36. The molecule has 1 N–H and O–H groups in total. The molecule has 1 unspecified atom stereocenters. The van der Waals surface area contributed by atoms with Crippen LogP contribution in [-0.2, 0) is 11.3 Å². The van der Waals surface area contributed by atoms with Crippen LogP contribution < -0.4 is 14.8 Å². The lowest BCUT2D eigenvalue weighted by Crippen LogP contribution is -2.36. The molecule has 5 rings (SSSR count). The van der Waals surface area contributed by atoms with Gasteiger partial charge in [-0.25, -0.2) is 5.01 Å². The van der Waals surface area contributed by atoms with Gasteiger partial charge in [-0.05, 0) is 80.1 Å². The molecule has 2 aromatic carbocycles. The van der Waals surface area contributed by atoms with Crippen molar-refractivity contribution < 1.29 is 19.1 Å². The smallest absolute Gasteiger partial charge is 0.255 e. The fourth-order valence-electron chi connectivity index (χ4n) is 5.12. The van der Waals surface area contributed by atoms with Crippen LogP contribution in [0.3, 0.4) is 0 Å². The molecule has 1 aliphatic carbocycles. The summed E-state index contributed by atoms with van der Waals surface area (Å²) in [5.74, 6) is 1.27. The summed E-state index contributed by atoms with van der Waals surface area (Å²) >= 11 is 0. The van der Waals surface area contributed by atoms with Gasteiger partial charge < -0.3 is 14.8 Å². The molecular weight excluding hydrogens is 492 g/mol. The number of carbonyl (C=O) groups excluding carboxylic acids is 2. The number of nitrogens with one attached hydrogen (secondary N) is 1. The fourth-order valence-corrected chi connectivity index (χ4v) is 5.12. The predicted octanol–water partition coefficient (Wildman–Crippen LogP) is 5.83. The number of aromatic nitrogens is 1. The summed E-state index contributed by atoms with van der Waals surface area (Å²) in [7, 11) is 1.65. The molecule has 2 aliphatic rings. The first kappa shape index (κ1) is 26.4. The van der Waals surface area contributed by atoms with E-state index in [4.69, 9.17) is 14.6 Å². The van der Waals surface area contributed by atoms with Gasteiger partial charge in [-0.3, -0.25) is 14.6 Å². The van der Waals surface area contributed by atoms with Crippen LogP contribution in [-0.4, -0.2) is 40.7 Å². The van der Waals surface area contributed by atoms with E-state index in [9.17, 15) is 9.59 Å². The Kier molecular flexibility index (Phi) is 8.20. The largest absolute Gasteiger partial charge is 0.493 e. The monoisotopic (exact) mass is 526 g/mol. The lowest BCUT2D eigenvalue weighted by Gasteiger charge is -2.29.